The minimum Gasteiger partial charge on any atom is -0.463 e. The number of rotatable bonds is 4. The number of hydrogen-bond acceptors (Lipinski definition) is 6. The highest BCUT2D eigenvalue weighted by molar-refractivity contribution is 5.81. The van der Waals surface area contributed by atoms with Crippen molar-refractivity contribution in [3.63, 3.8) is 0 Å². The Kier molecular flexibility index (Phi) is 4.96. The van der Waals surface area contributed by atoms with Gasteiger partial charge in [0.25, 0.3) is 0 Å². The minimum atomic E-state index is -0.746. The molecule has 2 fully saturated rings. The summed E-state index contributed by atoms with van der Waals surface area (Å²) in [6.07, 6.45) is 1.89. The first-order valence-corrected chi connectivity index (χ1v) is 7.70. The molecule has 0 aromatic rings. The maximum atomic E-state index is 11.5. The van der Waals surface area contributed by atoms with Gasteiger partial charge in [-0.2, -0.15) is 0 Å². The fourth-order valence-corrected chi connectivity index (χ4v) is 2.88. The van der Waals surface area contributed by atoms with E-state index in [2.05, 4.69) is 0 Å². The summed E-state index contributed by atoms with van der Waals surface area (Å²) >= 11 is 0. The molecule has 0 aromatic carbocycles. The Morgan fingerprint density at radius 2 is 1.64 bits per heavy atom. The second-order valence-corrected chi connectivity index (χ2v) is 6.48. The van der Waals surface area contributed by atoms with Gasteiger partial charge >= 0.3 is 5.97 Å². The van der Waals surface area contributed by atoms with Gasteiger partial charge < -0.3 is 23.7 Å². The topological polar surface area (TPSA) is 63.2 Å². The molecule has 0 N–H and O–H groups in total. The SMILES string of the molecule is CCOC(=O)/C=C/[C@H]1OC(C)(C)O[C@@H]1[C@H]1OC(C)(C)O[C@H]1C. The van der Waals surface area contributed by atoms with E-state index >= 15 is 0 Å². The average Bonchev–Trinajstić information content (AvgIpc) is 2.82. The Hall–Kier alpha value is -0.950. The van der Waals surface area contributed by atoms with Gasteiger partial charge in [-0.05, 0) is 47.6 Å². The van der Waals surface area contributed by atoms with Crippen molar-refractivity contribution < 1.29 is 28.5 Å². The fourth-order valence-electron chi connectivity index (χ4n) is 2.88. The van der Waals surface area contributed by atoms with Crippen LogP contribution in [0.15, 0.2) is 12.2 Å². The van der Waals surface area contributed by atoms with Crippen LogP contribution in [0.5, 0.6) is 0 Å². The lowest BCUT2D eigenvalue weighted by Gasteiger charge is -2.24. The summed E-state index contributed by atoms with van der Waals surface area (Å²) < 4.78 is 28.5. The van der Waals surface area contributed by atoms with E-state index in [1.54, 1.807) is 13.0 Å². The van der Waals surface area contributed by atoms with Crippen LogP contribution >= 0.6 is 0 Å². The third kappa shape index (κ3) is 4.07. The van der Waals surface area contributed by atoms with Crippen LogP contribution in [-0.4, -0.2) is 48.6 Å². The van der Waals surface area contributed by atoms with Gasteiger partial charge in [0.15, 0.2) is 11.6 Å². The van der Waals surface area contributed by atoms with Crippen molar-refractivity contribution >= 4 is 5.97 Å². The van der Waals surface area contributed by atoms with Crippen LogP contribution in [0.1, 0.15) is 41.5 Å². The zero-order valence-corrected chi connectivity index (χ0v) is 14.1. The van der Waals surface area contributed by atoms with E-state index in [-0.39, 0.29) is 18.3 Å². The maximum Gasteiger partial charge on any atom is 0.330 e. The average molecular weight is 314 g/mol. The van der Waals surface area contributed by atoms with Gasteiger partial charge in [-0.1, -0.05) is 0 Å². The normalized spacial score (nSPS) is 36.8. The summed E-state index contributed by atoms with van der Waals surface area (Å²) in [6, 6.07) is 0. The van der Waals surface area contributed by atoms with Crippen LogP contribution < -0.4 is 0 Å². The van der Waals surface area contributed by atoms with E-state index in [4.69, 9.17) is 23.7 Å². The Bertz CT molecular complexity index is 442. The first-order chi connectivity index (χ1) is 10.1. The van der Waals surface area contributed by atoms with Crippen molar-refractivity contribution in [3.8, 4) is 0 Å². The zero-order chi connectivity index (χ0) is 16.5. The van der Waals surface area contributed by atoms with Crippen LogP contribution in [0.25, 0.3) is 0 Å². The Balaban J connectivity index is 2.12. The standard InChI is InChI=1S/C16H26O6/c1-7-18-12(17)9-8-11-14(22-16(5,6)20-11)13-10(2)19-15(3,4)21-13/h8-11,13-14H,7H2,1-6H3/b9-8+/t10-,11+,13-,14-/m0/s1. The van der Waals surface area contributed by atoms with Crippen molar-refractivity contribution in [3.05, 3.63) is 12.2 Å². The van der Waals surface area contributed by atoms with Crippen LogP contribution in [-0.2, 0) is 28.5 Å². The van der Waals surface area contributed by atoms with Crippen LogP contribution in [0.4, 0.5) is 0 Å². The van der Waals surface area contributed by atoms with Crippen LogP contribution in [0.3, 0.4) is 0 Å². The molecule has 22 heavy (non-hydrogen) atoms. The van der Waals surface area contributed by atoms with E-state index in [0.717, 1.165) is 0 Å². The summed E-state index contributed by atoms with van der Waals surface area (Å²) in [5, 5.41) is 0. The molecule has 2 aliphatic rings. The van der Waals surface area contributed by atoms with Gasteiger partial charge in [-0.3, -0.25) is 0 Å². The molecule has 0 bridgehead atoms. The highest BCUT2D eigenvalue weighted by atomic mass is 16.8. The van der Waals surface area contributed by atoms with Crippen molar-refractivity contribution in [2.24, 2.45) is 0 Å². The minimum absolute atomic E-state index is 0.129. The van der Waals surface area contributed by atoms with Gasteiger partial charge in [0.05, 0.1) is 12.7 Å². The molecule has 0 radical (unpaired) electrons. The molecule has 4 atom stereocenters. The number of hydrogen-bond donors (Lipinski definition) is 0. The van der Waals surface area contributed by atoms with E-state index in [1.165, 1.54) is 6.08 Å². The first-order valence-electron chi connectivity index (χ1n) is 7.70. The van der Waals surface area contributed by atoms with Gasteiger partial charge in [0, 0.05) is 6.08 Å². The molecule has 2 rings (SSSR count). The lowest BCUT2D eigenvalue weighted by atomic mass is 10.0. The molecular formula is C16H26O6. The lowest BCUT2D eigenvalue weighted by molar-refractivity contribution is -0.174. The molecule has 0 amide bonds. The molecule has 0 aromatic heterocycles. The summed E-state index contributed by atoms with van der Waals surface area (Å²) in [6.45, 7) is 11.5. The van der Waals surface area contributed by atoms with Crippen molar-refractivity contribution in [2.45, 2.75) is 77.5 Å². The van der Waals surface area contributed by atoms with Crippen molar-refractivity contribution in [1.82, 2.24) is 0 Å². The largest absolute Gasteiger partial charge is 0.463 e. The highest BCUT2D eigenvalue weighted by Crippen LogP contribution is 2.38. The molecule has 0 spiro atoms. The highest BCUT2D eigenvalue weighted by Gasteiger charge is 2.51. The van der Waals surface area contributed by atoms with Crippen LogP contribution in [0, 0.1) is 0 Å². The maximum absolute atomic E-state index is 11.5. The molecule has 126 valence electrons. The van der Waals surface area contributed by atoms with Gasteiger partial charge in [0.2, 0.25) is 0 Å². The number of carbonyl (C=O) groups excluding carboxylic acids is 1. The molecular weight excluding hydrogens is 288 g/mol. The predicted molar refractivity (Wildman–Crippen MR) is 79.1 cm³/mol. The number of carbonyl (C=O) groups is 1. The summed E-state index contributed by atoms with van der Waals surface area (Å²) in [7, 11) is 0. The smallest absolute Gasteiger partial charge is 0.330 e. The van der Waals surface area contributed by atoms with Crippen LogP contribution in [0.2, 0.25) is 0 Å². The Labute approximate surface area is 131 Å². The van der Waals surface area contributed by atoms with Crippen molar-refractivity contribution in [2.75, 3.05) is 6.61 Å². The quantitative estimate of drug-likeness (QED) is 0.585. The van der Waals surface area contributed by atoms with E-state index in [0.29, 0.717) is 6.61 Å². The molecule has 6 nitrogen and oxygen atoms in total. The molecule has 0 saturated carbocycles. The predicted octanol–water partition coefficient (Wildman–Crippen LogP) is 2.17. The molecule has 0 unspecified atom stereocenters. The number of ether oxygens (including phenoxy) is 5. The molecule has 6 heteroatoms. The second kappa shape index (κ2) is 6.28. The molecule has 2 heterocycles. The molecule has 0 aliphatic carbocycles. The van der Waals surface area contributed by atoms with Gasteiger partial charge in [0.1, 0.15) is 18.3 Å². The van der Waals surface area contributed by atoms with E-state index in [9.17, 15) is 4.79 Å². The summed E-state index contributed by atoms with van der Waals surface area (Å²) in [4.78, 5) is 11.5. The second-order valence-electron chi connectivity index (χ2n) is 6.48. The fraction of sp³-hybridized carbons (Fsp3) is 0.812. The van der Waals surface area contributed by atoms with E-state index in [1.807, 2.05) is 34.6 Å². The summed E-state index contributed by atoms with van der Waals surface area (Å²) in [5.74, 6) is -1.80. The molecule has 2 saturated heterocycles. The zero-order valence-electron chi connectivity index (χ0n) is 14.1. The third-order valence-corrected chi connectivity index (χ3v) is 3.55. The Morgan fingerprint density at radius 3 is 2.18 bits per heavy atom. The van der Waals surface area contributed by atoms with Gasteiger partial charge in [-0.25, -0.2) is 4.79 Å². The van der Waals surface area contributed by atoms with E-state index < -0.39 is 23.6 Å². The monoisotopic (exact) mass is 314 g/mol. The molecule has 2 aliphatic heterocycles. The summed E-state index contributed by atoms with van der Waals surface area (Å²) in [5.41, 5.74) is 0. The third-order valence-electron chi connectivity index (χ3n) is 3.55. The number of esters is 1. The van der Waals surface area contributed by atoms with Crippen molar-refractivity contribution in [1.29, 1.82) is 0 Å². The lowest BCUT2D eigenvalue weighted by Crippen LogP contribution is -2.40. The first kappa shape index (κ1) is 17.4. The van der Waals surface area contributed by atoms with Gasteiger partial charge in [-0.15, -0.1) is 0 Å². The Morgan fingerprint density at radius 1 is 1.05 bits per heavy atom.